The van der Waals surface area contributed by atoms with Gasteiger partial charge in [-0.1, -0.05) is 48.5 Å². The average Bonchev–Trinajstić information content (AvgIpc) is 3.38. The van der Waals surface area contributed by atoms with Gasteiger partial charge in [0, 0.05) is 36.5 Å². The number of amides is 2. The Labute approximate surface area is 228 Å². The van der Waals surface area contributed by atoms with E-state index >= 15 is 0 Å². The molecular formula is C30H33N5O4. The van der Waals surface area contributed by atoms with Crippen LogP contribution in [0.25, 0.3) is 16.9 Å². The van der Waals surface area contributed by atoms with Gasteiger partial charge in [-0.15, -0.1) is 0 Å². The third kappa shape index (κ3) is 6.82. The van der Waals surface area contributed by atoms with Crippen LogP contribution in [0.5, 0.6) is 11.5 Å². The number of benzene rings is 3. The van der Waals surface area contributed by atoms with Gasteiger partial charge in [0.25, 0.3) is 5.91 Å². The normalized spacial score (nSPS) is 10.8. The molecule has 9 heteroatoms. The molecule has 1 heterocycles. The van der Waals surface area contributed by atoms with Crippen molar-refractivity contribution in [3.63, 3.8) is 0 Å². The summed E-state index contributed by atoms with van der Waals surface area (Å²) in [7, 11) is 7.00. The minimum atomic E-state index is -0.357. The van der Waals surface area contributed by atoms with Gasteiger partial charge in [0.1, 0.15) is 6.54 Å². The fraction of sp³-hybridized carbons (Fsp3) is 0.233. The van der Waals surface area contributed by atoms with Crippen molar-refractivity contribution in [2.75, 3.05) is 53.3 Å². The third-order valence-corrected chi connectivity index (χ3v) is 6.13. The van der Waals surface area contributed by atoms with E-state index in [4.69, 9.17) is 14.5 Å². The summed E-state index contributed by atoms with van der Waals surface area (Å²) >= 11 is 0. The van der Waals surface area contributed by atoms with Crippen molar-refractivity contribution in [1.82, 2.24) is 19.4 Å². The second-order valence-corrected chi connectivity index (χ2v) is 9.17. The highest BCUT2D eigenvalue weighted by molar-refractivity contribution is 5.99. The maximum Gasteiger partial charge on any atom is 0.254 e. The Balaban J connectivity index is 1.64. The fourth-order valence-corrected chi connectivity index (χ4v) is 4.06. The van der Waals surface area contributed by atoms with E-state index in [-0.39, 0.29) is 18.4 Å². The van der Waals surface area contributed by atoms with Crippen molar-refractivity contribution in [3.8, 4) is 28.4 Å². The monoisotopic (exact) mass is 527 g/mol. The lowest BCUT2D eigenvalue weighted by molar-refractivity contribution is -0.117. The Kier molecular flexibility index (Phi) is 8.96. The second kappa shape index (κ2) is 12.7. The van der Waals surface area contributed by atoms with Gasteiger partial charge < -0.3 is 19.3 Å². The van der Waals surface area contributed by atoms with Gasteiger partial charge in [-0.3, -0.25) is 19.5 Å². The summed E-state index contributed by atoms with van der Waals surface area (Å²) in [5, 5.41) is 2.92. The summed E-state index contributed by atoms with van der Waals surface area (Å²) in [6.07, 6.45) is 1.85. The van der Waals surface area contributed by atoms with Gasteiger partial charge in [0.05, 0.1) is 25.6 Å². The lowest BCUT2D eigenvalue weighted by Gasteiger charge is -2.24. The van der Waals surface area contributed by atoms with Crippen molar-refractivity contribution in [2.45, 2.75) is 0 Å². The molecule has 0 fully saturated rings. The summed E-state index contributed by atoms with van der Waals surface area (Å²) in [5.41, 5.74) is 2.84. The summed E-state index contributed by atoms with van der Waals surface area (Å²) in [5.74, 6) is 0.897. The number of likely N-dealkylation sites (N-methyl/N-ethyl adjacent to an activating group) is 1. The van der Waals surface area contributed by atoms with Crippen molar-refractivity contribution >= 4 is 17.8 Å². The van der Waals surface area contributed by atoms with Gasteiger partial charge >= 0.3 is 0 Å². The number of nitrogens with zero attached hydrogens (tertiary/aromatic N) is 4. The first-order valence-electron chi connectivity index (χ1n) is 12.6. The predicted molar refractivity (Wildman–Crippen MR) is 152 cm³/mol. The van der Waals surface area contributed by atoms with E-state index in [1.54, 1.807) is 41.9 Å². The molecule has 2 amide bonds. The number of imidazole rings is 1. The minimum Gasteiger partial charge on any atom is -0.493 e. The average molecular weight is 528 g/mol. The SMILES string of the molecule is COc1ccc(-n2cc(-c3ccccc3)nc2NC(=O)CN(CCN(C)C)C(=O)c2ccccc2)cc1OC. The smallest absolute Gasteiger partial charge is 0.254 e. The molecule has 0 aliphatic carbocycles. The number of aromatic nitrogens is 2. The molecule has 0 aliphatic heterocycles. The molecule has 0 aliphatic rings. The first-order valence-corrected chi connectivity index (χ1v) is 12.6. The minimum absolute atomic E-state index is 0.124. The molecule has 202 valence electrons. The van der Waals surface area contributed by atoms with Gasteiger partial charge in [0.15, 0.2) is 11.5 Å². The summed E-state index contributed by atoms with van der Waals surface area (Å²) in [6, 6.07) is 24.1. The molecule has 39 heavy (non-hydrogen) atoms. The van der Waals surface area contributed by atoms with Crippen molar-refractivity contribution in [1.29, 1.82) is 0 Å². The van der Waals surface area contributed by atoms with E-state index in [9.17, 15) is 9.59 Å². The summed E-state index contributed by atoms with van der Waals surface area (Å²) in [4.78, 5) is 34.8. The van der Waals surface area contributed by atoms with E-state index < -0.39 is 0 Å². The van der Waals surface area contributed by atoms with Crippen molar-refractivity contribution < 1.29 is 19.1 Å². The molecule has 0 atom stereocenters. The van der Waals surface area contributed by atoms with Crippen LogP contribution in [-0.2, 0) is 4.79 Å². The maximum absolute atomic E-state index is 13.3. The zero-order valence-corrected chi connectivity index (χ0v) is 22.6. The summed E-state index contributed by atoms with van der Waals surface area (Å²) in [6.45, 7) is 0.888. The molecule has 0 saturated carbocycles. The van der Waals surface area contributed by atoms with E-state index in [2.05, 4.69) is 5.32 Å². The predicted octanol–water partition coefficient (Wildman–Crippen LogP) is 4.20. The number of hydrogen-bond acceptors (Lipinski definition) is 6. The van der Waals surface area contributed by atoms with Crippen LogP contribution in [0.4, 0.5) is 5.95 Å². The van der Waals surface area contributed by atoms with Gasteiger partial charge in [0.2, 0.25) is 11.9 Å². The Morgan fingerprint density at radius 3 is 2.18 bits per heavy atom. The second-order valence-electron chi connectivity index (χ2n) is 9.17. The quantitative estimate of drug-likeness (QED) is 0.315. The maximum atomic E-state index is 13.3. The third-order valence-electron chi connectivity index (χ3n) is 6.13. The molecule has 0 bridgehead atoms. The van der Waals surface area contributed by atoms with E-state index in [1.807, 2.05) is 85.9 Å². The molecule has 0 unspecified atom stereocenters. The molecule has 0 radical (unpaired) electrons. The number of hydrogen-bond donors (Lipinski definition) is 1. The van der Waals surface area contributed by atoms with E-state index in [1.165, 1.54) is 0 Å². The molecule has 3 aromatic carbocycles. The van der Waals surface area contributed by atoms with Crippen molar-refractivity contribution in [2.24, 2.45) is 0 Å². The van der Waals surface area contributed by atoms with Crippen LogP contribution in [0.2, 0.25) is 0 Å². The highest BCUT2D eigenvalue weighted by Gasteiger charge is 2.21. The highest BCUT2D eigenvalue weighted by atomic mass is 16.5. The summed E-state index contributed by atoms with van der Waals surface area (Å²) < 4.78 is 12.6. The molecule has 0 saturated heterocycles. The van der Waals surface area contributed by atoms with E-state index in [0.717, 1.165) is 11.3 Å². The molecule has 9 nitrogen and oxygen atoms in total. The topological polar surface area (TPSA) is 88.9 Å². The van der Waals surface area contributed by atoms with E-state index in [0.29, 0.717) is 41.8 Å². The standard InChI is InChI=1S/C30H33N5O4/c1-33(2)17-18-34(29(37)23-13-9-6-10-14-23)21-28(36)32-30-31-25(22-11-7-5-8-12-22)20-35(30)24-15-16-26(38-3)27(19-24)39-4/h5-16,19-20H,17-18,21H2,1-4H3,(H,31,32,36). The fourth-order valence-electron chi connectivity index (χ4n) is 4.06. The van der Waals surface area contributed by atoms with Crippen LogP contribution < -0.4 is 14.8 Å². The van der Waals surface area contributed by atoms with Crippen LogP contribution in [0.3, 0.4) is 0 Å². The Hall–Kier alpha value is -4.63. The molecule has 1 aromatic heterocycles. The number of rotatable bonds is 11. The van der Waals surface area contributed by atoms with Crippen LogP contribution in [0, 0.1) is 0 Å². The zero-order valence-electron chi connectivity index (χ0n) is 22.6. The number of methoxy groups -OCH3 is 2. The molecule has 4 rings (SSSR count). The Bertz CT molecular complexity index is 1400. The molecule has 0 spiro atoms. The lowest BCUT2D eigenvalue weighted by Crippen LogP contribution is -2.41. The molecule has 4 aromatic rings. The number of anilines is 1. The lowest BCUT2D eigenvalue weighted by atomic mass is 10.2. The van der Waals surface area contributed by atoms with Gasteiger partial charge in [-0.25, -0.2) is 4.98 Å². The van der Waals surface area contributed by atoms with Crippen LogP contribution in [0.15, 0.2) is 85.1 Å². The number of nitrogens with one attached hydrogen (secondary N) is 1. The molecule has 1 N–H and O–H groups in total. The largest absolute Gasteiger partial charge is 0.493 e. The molecular weight excluding hydrogens is 494 g/mol. The highest BCUT2D eigenvalue weighted by Crippen LogP contribution is 2.31. The van der Waals surface area contributed by atoms with Crippen LogP contribution >= 0.6 is 0 Å². The first-order chi connectivity index (χ1) is 18.9. The number of ether oxygens (including phenoxy) is 2. The van der Waals surface area contributed by atoms with Gasteiger partial charge in [-0.2, -0.15) is 0 Å². The number of carbonyl (C=O) groups excluding carboxylic acids is 2. The Morgan fingerprint density at radius 1 is 0.872 bits per heavy atom. The first kappa shape index (κ1) is 27.4. The van der Waals surface area contributed by atoms with Crippen LogP contribution in [-0.4, -0.2) is 79.1 Å². The Morgan fingerprint density at radius 2 is 1.54 bits per heavy atom. The van der Waals surface area contributed by atoms with Crippen LogP contribution in [0.1, 0.15) is 10.4 Å². The van der Waals surface area contributed by atoms with Gasteiger partial charge in [-0.05, 0) is 38.4 Å². The van der Waals surface area contributed by atoms with Crippen molar-refractivity contribution in [3.05, 3.63) is 90.6 Å². The zero-order chi connectivity index (χ0) is 27.8. The number of carbonyl (C=O) groups is 2.